The molecule has 3 aromatic carbocycles. The van der Waals surface area contributed by atoms with E-state index in [1.165, 1.54) is 4.90 Å². The Kier molecular flexibility index (Phi) is 7.09. The van der Waals surface area contributed by atoms with Crippen LogP contribution < -0.4 is 9.64 Å². The predicted octanol–water partition coefficient (Wildman–Crippen LogP) is 4.46. The second-order valence-electron chi connectivity index (χ2n) is 9.09. The molecule has 0 saturated carbocycles. The molecular formula is C29H31N3O3. The topological polar surface area (TPSA) is 53.1 Å². The van der Waals surface area contributed by atoms with Crippen LogP contribution in [-0.2, 0) is 6.61 Å². The van der Waals surface area contributed by atoms with E-state index in [9.17, 15) is 9.59 Å². The standard InChI is InChI=1S/C29H31N3O3/c33-28-24-12-4-5-13-25(24)29(34)32(28)17-9-8-16-30-18-20-31(21-19-30)26-14-6-7-15-27(26)35-22-23-10-2-1-3-11-23/h1-7,10-15H,8-9,16-22H2. The summed E-state index contributed by atoms with van der Waals surface area (Å²) in [5.74, 6) is 0.602. The molecule has 1 fully saturated rings. The molecule has 0 radical (unpaired) electrons. The fourth-order valence-corrected chi connectivity index (χ4v) is 4.84. The molecule has 0 spiro atoms. The van der Waals surface area contributed by atoms with Gasteiger partial charge in [0, 0.05) is 32.7 Å². The summed E-state index contributed by atoms with van der Waals surface area (Å²) in [7, 11) is 0. The van der Waals surface area contributed by atoms with Gasteiger partial charge in [-0.25, -0.2) is 0 Å². The molecule has 0 unspecified atom stereocenters. The van der Waals surface area contributed by atoms with Crippen LogP contribution in [0.2, 0.25) is 0 Å². The van der Waals surface area contributed by atoms with Crippen molar-refractivity contribution < 1.29 is 14.3 Å². The van der Waals surface area contributed by atoms with Gasteiger partial charge in [0.05, 0.1) is 16.8 Å². The first-order valence-electron chi connectivity index (χ1n) is 12.4. The van der Waals surface area contributed by atoms with Gasteiger partial charge < -0.3 is 9.64 Å². The van der Waals surface area contributed by atoms with Gasteiger partial charge in [0.1, 0.15) is 12.4 Å². The molecule has 0 aliphatic carbocycles. The van der Waals surface area contributed by atoms with Crippen molar-refractivity contribution >= 4 is 17.5 Å². The number of unbranched alkanes of at least 4 members (excludes halogenated alkanes) is 1. The van der Waals surface area contributed by atoms with Gasteiger partial charge in [-0.05, 0) is 49.2 Å². The van der Waals surface area contributed by atoms with Crippen LogP contribution in [0, 0.1) is 0 Å². The first-order chi connectivity index (χ1) is 17.2. The van der Waals surface area contributed by atoms with Crippen molar-refractivity contribution in [1.82, 2.24) is 9.80 Å². The van der Waals surface area contributed by atoms with E-state index < -0.39 is 0 Å². The third-order valence-electron chi connectivity index (χ3n) is 6.80. The minimum absolute atomic E-state index is 0.160. The van der Waals surface area contributed by atoms with Crippen LogP contribution in [0.1, 0.15) is 39.1 Å². The second kappa shape index (κ2) is 10.7. The van der Waals surface area contributed by atoms with Crippen molar-refractivity contribution in [1.29, 1.82) is 0 Å². The van der Waals surface area contributed by atoms with E-state index >= 15 is 0 Å². The summed E-state index contributed by atoms with van der Waals surface area (Å²) in [5.41, 5.74) is 3.37. The SMILES string of the molecule is O=C1c2ccccc2C(=O)N1CCCCN1CCN(c2ccccc2OCc2ccccc2)CC1. The molecule has 2 aliphatic rings. The summed E-state index contributed by atoms with van der Waals surface area (Å²) in [6.07, 6.45) is 1.78. The van der Waals surface area contributed by atoms with E-state index in [-0.39, 0.29) is 11.8 Å². The zero-order valence-corrected chi connectivity index (χ0v) is 19.9. The van der Waals surface area contributed by atoms with Crippen LogP contribution in [0.3, 0.4) is 0 Å². The lowest BCUT2D eigenvalue weighted by Gasteiger charge is -2.36. The predicted molar refractivity (Wildman–Crippen MR) is 137 cm³/mol. The number of amides is 2. The molecule has 2 heterocycles. The molecule has 0 atom stereocenters. The Morgan fingerprint density at radius 2 is 1.26 bits per heavy atom. The van der Waals surface area contributed by atoms with Crippen LogP contribution in [0.5, 0.6) is 5.75 Å². The van der Waals surface area contributed by atoms with Crippen LogP contribution in [0.4, 0.5) is 5.69 Å². The Balaban J connectivity index is 1.07. The molecule has 5 rings (SSSR count). The summed E-state index contributed by atoms with van der Waals surface area (Å²) in [6, 6.07) is 25.6. The number of benzene rings is 3. The summed E-state index contributed by atoms with van der Waals surface area (Å²) < 4.78 is 6.16. The van der Waals surface area contributed by atoms with Gasteiger partial charge in [-0.1, -0.05) is 54.6 Å². The average molecular weight is 470 g/mol. The van der Waals surface area contributed by atoms with Crippen molar-refractivity contribution in [3.8, 4) is 5.75 Å². The van der Waals surface area contributed by atoms with Gasteiger partial charge >= 0.3 is 0 Å². The third kappa shape index (κ3) is 5.23. The Labute approximate surface area is 206 Å². The lowest BCUT2D eigenvalue weighted by atomic mass is 10.1. The highest BCUT2D eigenvalue weighted by atomic mass is 16.5. The van der Waals surface area contributed by atoms with Crippen LogP contribution >= 0.6 is 0 Å². The lowest BCUT2D eigenvalue weighted by molar-refractivity contribution is 0.0650. The van der Waals surface area contributed by atoms with Gasteiger partial charge in [-0.3, -0.25) is 19.4 Å². The molecule has 2 aliphatic heterocycles. The molecule has 180 valence electrons. The highest BCUT2D eigenvalue weighted by Gasteiger charge is 2.34. The quantitative estimate of drug-likeness (QED) is 0.342. The lowest BCUT2D eigenvalue weighted by Crippen LogP contribution is -2.46. The highest BCUT2D eigenvalue weighted by Crippen LogP contribution is 2.29. The Morgan fingerprint density at radius 3 is 1.97 bits per heavy atom. The van der Waals surface area contributed by atoms with Crippen LogP contribution in [-0.4, -0.2) is 60.9 Å². The normalized spacial score (nSPS) is 16.0. The number of anilines is 1. The molecule has 6 nitrogen and oxygen atoms in total. The fourth-order valence-electron chi connectivity index (χ4n) is 4.84. The molecule has 1 saturated heterocycles. The Morgan fingerprint density at radius 1 is 0.657 bits per heavy atom. The Bertz CT molecular complexity index is 1140. The van der Waals surface area contributed by atoms with E-state index in [1.807, 2.05) is 30.3 Å². The number of fused-ring (bicyclic) bond motifs is 1. The molecule has 0 bridgehead atoms. The second-order valence-corrected chi connectivity index (χ2v) is 9.09. The van der Waals surface area contributed by atoms with Gasteiger partial charge in [-0.2, -0.15) is 0 Å². The number of carbonyl (C=O) groups excluding carboxylic acids is 2. The van der Waals surface area contributed by atoms with E-state index in [0.29, 0.717) is 24.3 Å². The first kappa shape index (κ1) is 23.1. The van der Waals surface area contributed by atoms with Gasteiger partial charge in [-0.15, -0.1) is 0 Å². The van der Waals surface area contributed by atoms with Crippen molar-refractivity contribution in [2.75, 3.05) is 44.2 Å². The van der Waals surface area contributed by atoms with Crippen molar-refractivity contribution in [3.63, 3.8) is 0 Å². The maximum absolute atomic E-state index is 12.5. The number of hydrogen-bond acceptors (Lipinski definition) is 5. The molecule has 2 amide bonds. The Hall–Kier alpha value is -3.64. The number of carbonyl (C=O) groups is 2. The smallest absolute Gasteiger partial charge is 0.261 e. The van der Waals surface area contributed by atoms with E-state index in [0.717, 1.165) is 62.6 Å². The number of ether oxygens (including phenoxy) is 1. The molecule has 0 N–H and O–H groups in total. The van der Waals surface area contributed by atoms with Gasteiger partial charge in [0.2, 0.25) is 0 Å². The summed E-state index contributed by atoms with van der Waals surface area (Å²) in [4.78, 5) is 31.3. The van der Waals surface area contributed by atoms with E-state index in [4.69, 9.17) is 4.74 Å². The monoisotopic (exact) mass is 469 g/mol. The van der Waals surface area contributed by atoms with Crippen LogP contribution in [0.25, 0.3) is 0 Å². The maximum atomic E-state index is 12.5. The number of hydrogen-bond donors (Lipinski definition) is 0. The highest BCUT2D eigenvalue weighted by molar-refractivity contribution is 6.21. The maximum Gasteiger partial charge on any atom is 0.261 e. The van der Waals surface area contributed by atoms with Crippen molar-refractivity contribution in [3.05, 3.63) is 95.6 Å². The number of nitrogens with zero attached hydrogens (tertiary/aromatic N) is 3. The van der Waals surface area contributed by atoms with Crippen molar-refractivity contribution in [2.45, 2.75) is 19.4 Å². The number of piperazine rings is 1. The molecule has 6 heteroatoms. The van der Waals surface area contributed by atoms with Crippen LogP contribution in [0.15, 0.2) is 78.9 Å². The van der Waals surface area contributed by atoms with Gasteiger partial charge in [0.25, 0.3) is 11.8 Å². The van der Waals surface area contributed by atoms with Crippen molar-refractivity contribution in [2.24, 2.45) is 0 Å². The summed E-state index contributed by atoms with van der Waals surface area (Å²) in [6.45, 7) is 5.89. The van der Waals surface area contributed by atoms with Gasteiger partial charge in [0.15, 0.2) is 0 Å². The average Bonchev–Trinajstić information content (AvgIpc) is 3.16. The minimum atomic E-state index is -0.160. The number of imide groups is 1. The largest absolute Gasteiger partial charge is 0.487 e. The molecule has 0 aromatic heterocycles. The minimum Gasteiger partial charge on any atom is -0.487 e. The van der Waals surface area contributed by atoms with E-state index in [1.54, 1.807) is 24.3 Å². The fraction of sp³-hybridized carbons (Fsp3) is 0.310. The summed E-state index contributed by atoms with van der Waals surface area (Å²) >= 11 is 0. The summed E-state index contributed by atoms with van der Waals surface area (Å²) in [5, 5.41) is 0. The molecular weight excluding hydrogens is 438 g/mol. The van der Waals surface area contributed by atoms with E-state index in [2.05, 4.69) is 34.1 Å². The zero-order chi connectivity index (χ0) is 24.0. The molecule has 3 aromatic rings. The zero-order valence-electron chi connectivity index (χ0n) is 19.9. The number of para-hydroxylation sites is 2. The number of rotatable bonds is 9. The first-order valence-corrected chi connectivity index (χ1v) is 12.4. The third-order valence-corrected chi connectivity index (χ3v) is 6.80. The molecule has 35 heavy (non-hydrogen) atoms.